The molecule has 0 fully saturated rings. The van der Waals surface area contributed by atoms with Gasteiger partial charge in [0.25, 0.3) is 0 Å². The number of benzene rings is 2. The lowest BCUT2D eigenvalue weighted by molar-refractivity contribution is 0.0961. The third kappa shape index (κ3) is 3.38. The zero-order valence-corrected chi connectivity index (χ0v) is 14.8. The van der Waals surface area contributed by atoms with E-state index in [1.165, 1.54) is 18.2 Å². The minimum Gasteiger partial charge on any atom is -0.508 e. The Bertz CT molecular complexity index is 907. The van der Waals surface area contributed by atoms with Gasteiger partial charge in [-0.3, -0.25) is 4.79 Å². The molecule has 0 aliphatic heterocycles. The molecule has 2 aromatic rings. The zero-order chi connectivity index (χ0) is 19.0. The minimum atomic E-state index is -0.211. The van der Waals surface area contributed by atoms with Crippen LogP contribution in [0.15, 0.2) is 35.9 Å². The van der Waals surface area contributed by atoms with Gasteiger partial charge in [0, 0.05) is 18.1 Å². The van der Waals surface area contributed by atoms with Gasteiger partial charge in [-0.05, 0) is 55.9 Å². The second-order valence-electron chi connectivity index (χ2n) is 7.06. The Morgan fingerprint density at radius 1 is 1.04 bits per heavy atom. The molecule has 0 aromatic heterocycles. The fraction of sp³-hybridized carbons (Fsp3) is 0.286. The lowest BCUT2D eigenvalue weighted by Gasteiger charge is -2.25. The Hall–Kier alpha value is -2.95. The second-order valence-corrected chi connectivity index (χ2v) is 7.06. The molecule has 5 heteroatoms. The molecule has 26 heavy (non-hydrogen) atoms. The summed E-state index contributed by atoms with van der Waals surface area (Å²) >= 11 is 0. The molecule has 4 N–H and O–H groups in total. The van der Waals surface area contributed by atoms with Gasteiger partial charge in [0.15, 0.2) is 17.3 Å². The van der Waals surface area contributed by atoms with Gasteiger partial charge < -0.3 is 20.4 Å². The predicted octanol–water partition coefficient (Wildman–Crippen LogP) is 3.93. The maximum Gasteiger partial charge on any atom is 0.167 e. The van der Waals surface area contributed by atoms with Gasteiger partial charge in [0.05, 0.1) is 5.56 Å². The number of fused-ring (bicyclic) bond motifs is 1. The minimum absolute atomic E-state index is 0.0903. The molecule has 0 saturated carbocycles. The molecule has 5 nitrogen and oxygen atoms in total. The van der Waals surface area contributed by atoms with E-state index in [0.717, 1.165) is 11.1 Å². The number of hydrogen-bond acceptors (Lipinski definition) is 5. The third-order valence-electron chi connectivity index (χ3n) is 4.75. The molecule has 0 bridgehead atoms. The van der Waals surface area contributed by atoms with Gasteiger partial charge in [-0.15, -0.1) is 0 Å². The number of rotatable bonds is 3. The number of Topliss-reactive ketones (excluding diaryl/α,β-unsaturated/α-hetero) is 1. The first kappa shape index (κ1) is 17.9. The van der Waals surface area contributed by atoms with Gasteiger partial charge in [-0.25, -0.2) is 0 Å². The second kappa shape index (κ2) is 6.75. The summed E-state index contributed by atoms with van der Waals surface area (Å²) in [7, 11) is 0. The zero-order valence-electron chi connectivity index (χ0n) is 14.8. The Kier molecular flexibility index (Phi) is 4.64. The van der Waals surface area contributed by atoms with E-state index in [9.17, 15) is 25.2 Å². The monoisotopic (exact) mass is 354 g/mol. The van der Waals surface area contributed by atoms with Crippen LogP contribution in [0.3, 0.4) is 0 Å². The summed E-state index contributed by atoms with van der Waals surface area (Å²) in [5, 5.41) is 39.9. The normalized spacial score (nSPS) is 16.2. The molecule has 0 unspecified atom stereocenters. The van der Waals surface area contributed by atoms with E-state index in [-0.39, 0.29) is 46.7 Å². The number of aromatic hydroxyl groups is 4. The number of phenols is 4. The van der Waals surface area contributed by atoms with Gasteiger partial charge in [0.1, 0.15) is 11.5 Å². The highest BCUT2D eigenvalue weighted by Crippen LogP contribution is 2.41. The molecule has 1 atom stereocenters. The van der Waals surface area contributed by atoms with Crippen LogP contribution >= 0.6 is 0 Å². The molecule has 136 valence electrons. The van der Waals surface area contributed by atoms with Crippen LogP contribution in [-0.4, -0.2) is 26.2 Å². The average molecular weight is 354 g/mol. The van der Waals surface area contributed by atoms with E-state index < -0.39 is 0 Å². The molecule has 0 spiro atoms. The average Bonchev–Trinajstić information content (AvgIpc) is 2.54. The van der Waals surface area contributed by atoms with Crippen LogP contribution in [-0.2, 0) is 12.8 Å². The number of phenolic OH excluding ortho intramolecular Hbond substituents is 4. The molecule has 1 aliphatic carbocycles. The van der Waals surface area contributed by atoms with Crippen molar-refractivity contribution in [3.63, 3.8) is 0 Å². The topological polar surface area (TPSA) is 98.0 Å². The molecule has 0 radical (unpaired) electrons. The first-order valence-corrected chi connectivity index (χ1v) is 8.52. The molecule has 0 heterocycles. The van der Waals surface area contributed by atoms with Crippen molar-refractivity contribution in [1.29, 1.82) is 0 Å². The van der Waals surface area contributed by atoms with Crippen molar-refractivity contribution in [2.75, 3.05) is 0 Å². The highest BCUT2D eigenvalue weighted by atomic mass is 16.3. The van der Waals surface area contributed by atoms with Gasteiger partial charge >= 0.3 is 0 Å². The smallest absolute Gasteiger partial charge is 0.167 e. The standard InChI is InChI=1S/C21H22O5/c1-11(2)3-4-12-5-13(9-19(25)21(12)26)14-6-15-7-16(22)10-18(24)20(15)17(23)8-14/h3,5,7,9-10,14,22,24-26H,4,6,8H2,1-2H3/t14-/m1/s1. The van der Waals surface area contributed by atoms with Crippen molar-refractivity contribution in [2.24, 2.45) is 0 Å². The summed E-state index contributed by atoms with van der Waals surface area (Å²) in [6.07, 6.45) is 3.08. The Balaban J connectivity index is 1.99. The van der Waals surface area contributed by atoms with Crippen LogP contribution in [0.25, 0.3) is 0 Å². The number of ketones is 1. The van der Waals surface area contributed by atoms with Crippen LogP contribution < -0.4 is 0 Å². The first-order chi connectivity index (χ1) is 12.3. The first-order valence-electron chi connectivity index (χ1n) is 8.52. The van der Waals surface area contributed by atoms with E-state index in [4.69, 9.17) is 0 Å². The van der Waals surface area contributed by atoms with Gasteiger partial charge in [-0.1, -0.05) is 17.7 Å². The lowest BCUT2D eigenvalue weighted by Crippen LogP contribution is -2.19. The lowest BCUT2D eigenvalue weighted by atomic mass is 9.78. The molecule has 2 aromatic carbocycles. The van der Waals surface area contributed by atoms with Crippen molar-refractivity contribution < 1.29 is 25.2 Å². The number of allylic oxidation sites excluding steroid dienone is 2. The van der Waals surface area contributed by atoms with Crippen molar-refractivity contribution in [3.05, 3.63) is 58.2 Å². The molecule has 3 rings (SSSR count). The van der Waals surface area contributed by atoms with Crippen molar-refractivity contribution in [3.8, 4) is 23.0 Å². The summed E-state index contributed by atoms with van der Waals surface area (Å²) < 4.78 is 0. The van der Waals surface area contributed by atoms with E-state index in [1.807, 2.05) is 19.9 Å². The molecule has 0 saturated heterocycles. The highest BCUT2D eigenvalue weighted by molar-refractivity contribution is 6.01. The van der Waals surface area contributed by atoms with Crippen LogP contribution in [0.1, 0.15) is 53.2 Å². The summed E-state index contributed by atoms with van der Waals surface area (Å²) in [5.41, 5.74) is 3.29. The van der Waals surface area contributed by atoms with E-state index in [0.29, 0.717) is 24.0 Å². The van der Waals surface area contributed by atoms with Crippen LogP contribution in [0.4, 0.5) is 0 Å². The number of hydrogen-bond donors (Lipinski definition) is 4. The summed E-state index contributed by atoms with van der Waals surface area (Å²) in [4.78, 5) is 12.5. The summed E-state index contributed by atoms with van der Waals surface area (Å²) in [5.74, 6) is -1.06. The number of carbonyl (C=O) groups is 1. The number of carbonyl (C=O) groups excluding carboxylic acids is 1. The Morgan fingerprint density at radius 2 is 1.77 bits per heavy atom. The Morgan fingerprint density at radius 3 is 2.46 bits per heavy atom. The fourth-order valence-corrected chi connectivity index (χ4v) is 3.46. The van der Waals surface area contributed by atoms with Crippen LogP contribution in [0.5, 0.6) is 23.0 Å². The van der Waals surface area contributed by atoms with E-state index in [2.05, 4.69) is 0 Å². The molecule has 1 aliphatic rings. The van der Waals surface area contributed by atoms with Crippen molar-refractivity contribution in [1.82, 2.24) is 0 Å². The van der Waals surface area contributed by atoms with Crippen LogP contribution in [0, 0.1) is 0 Å². The predicted molar refractivity (Wildman–Crippen MR) is 98.1 cm³/mol. The van der Waals surface area contributed by atoms with Crippen LogP contribution in [0.2, 0.25) is 0 Å². The third-order valence-corrected chi connectivity index (χ3v) is 4.75. The largest absolute Gasteiger partial charge is 0.508 e. The fourth-order valence-electron chi connectivity index (χ4n) is 3.46. The maximum atomic E-state index is 12.5. The SMILES string of the molecule is CC(C)=CCc1cc([C@H]2CC(=O)c3c(O)cc(O)cc3C2)cc(O)c1O. The Labute approximate surface area is 151 Å². The van der Waals surface area contributed by atoms with Gasteiger partial charge in [0.2, 0.25) is 0 Å². The van der Waals surface area contributed by atoms with Crippen molar-refractivity contribution in [2.45, 2.75) is 39.0 Å². The van der Waals surface area contributed by atoms with Crippen molar-refractivity contribution >= 4 is 5.78 Å². The maximum absolute atomic E-state index is 12.5. The van der Waals surface area contributed by atoms with Gasteiger partial charge in [-0.2, -0.15) is 0 Å². The van der Waals surface area contributed by atoms with E-state index in [1.54, 1.807) is 6.07 Å². The summed E-state index contributed by atoms with van der Waals surface area (Å²) in [6.45, 7) is 3.91. The van der Waals surface area contributed by atoms with E-state index >= 15 is 0 Å². The molecular formula is C21H22O5. The quantitative estimate of drug-likeness (QED) is 0.494. The highest BCUT2D eigenvalue weighted by Gasteiger charge is 2.30. The summed E-state index contributed by atoms with van der Waals surface area (Å²) in [6, 6.07) is 5.94. The molecular weight excluding hydrogens is 332 g/mol. The molecule has 0 amide bonds.